The SMILES string of the molecule is CCC(=O)NN.CCCCc1ccc(O)c(C)c1. The predicted molar refractivity (Wildman–Crippen MR) is 74.1 cm³/mol. The zero-order chi connectivity index (χ0) is 14.0. The molecule has 4 nitrogen and oxygen atoms in total. The number of unbranched alkanes of at least 4 members (excludes halogenated alkanes) is 1. The largest absolute Gasteiger partial charge is 0.508 e. The number of amides is 1. The van der Waals surface area contributed by atoms with E-state index in [-0.39, 0.29) is 5.91 Å². The zero-order valence-electron chi connectivity index (χ0n) is 11.5. The minimum Gasteiger partial charge on any atom is -0.508 e. The second-order valence-corrected chi connectivity index (χ2v) is 4.15. The number of carbonyl (C=O) groups is 1. The third-order valence-corrected chi connectivity index (χ3v) is 2.56. The van der Waals surface area contributed by atoms with Gasteiger partial charge in [0.25, 0.3) is 0 Å². The van der Waals surface area contributed by atoms with Crippen LogP contribution in [0.25, 0.3) is 0 Å². The molecule has 18 heavy (non-hydrogen) atoms. The van der Waals surface area contributed by atoms with Gasteiger partial charge in [0.15, 0.2) is 0 Å². The summed E-state index contributed by atoms with van der Waals surface area (Å²) in [4.78, 5) is 9.94. The third kappa shape index (κ3) is 6.91. The number of benzene rings is 1. The van der Waals surface area contributed by atoms with Crippen molar-refractivity contribution in [2.75, 3.05) is 0 Å². The lowest BCUT2D eigenvalue weighted by molar-refractivity contribution is -0.120. The first kappa shape index (κ1) is 16.4. The Morgan fingerprint density at radius 2 is 2.06 bits per heavy atom. The molecular formula is C14H24N2O2. The van der Waals surface area contributed by atoms with Gasteiger partial charge in [-0.15, -0.1) is 0 Å². The van der Waals surface area contributed by atoms with Gasteiger partial charge in [-0.05, 0) is 37.0 Å². The van der Waals surface area contributed by atoms with Crippen molar-refractivity contribution in [3.05, 3.63) is 29.3 Å². The van der Waals surface area contributed by atoms with Crippen LogP contribution in [-0.4, -0.2) is 11.0 Å². The Kier molecular flexibility index (Phi) is 8.66. The van der Waals surface area contributed by atoms with Crippen LogP contribution in [0, 0.1) is 6.92 Å². The molecule has 1 amide bonds. The Balaban J connectivity index is 0.000000411. The van der Waals surface area contributed by atoms with Crippen LogP contribution in [0.15, 0.2) is 18.2 Å². The Hall–Kier alpha value is -1.55. The fraction of sp³-hybridized carbons (Fsp3) is 0.500. The summed E-state index contributed by atoms with van der Waals surface area (Å²) in [7, 11) is 0. The average Bonchev–Trinajstić information content (AvgIpc) is 2.40. The number of nitrogens with two attached hydrogens (primary N) is 1. The van der Waals surface area contributed by atoms with Gasteiger partial charge in [-0.3, -0.25) is 10.2 Å². The molecule has 4 N–H and O–H groups in total. The van der Waals surface area contributed by atoms with Crippen molar-refractivity contribution in [3.63, 3.8) is 0 Å². The topological polar surface area (TPSA) is 75.4 Å². The molecule has 4 heteroatoms. The molecule has 0 fully saturated rings. The molecule has 0 bridgehead atoms. The third-order valence-electron chi connectivity index (χ3n) is 2.56. The number of aromatic hydroxyl groups is 1. The van der Waals surface area contributed by atoms with Gasteiger partial charge in [0.05, 0.1) is 0 Å². The van der Waals surface area contributed by atoms with Gasteiger partial charge in [-0.2, -0.15) is 0 Å². The molecule has 0 radical (unpaired) electrons. The zero-order valence-corrected chi connectivity index (χ0v) is 11.5. The Morgan fingerprint density at radius 3 is 2.44 bits per heavy atom. The Bertz CT molecular complexity index is 359. The number of aryl methyl sites for hydroxylation is 2. The number of phenolic OH excluding ortho intramolecular Hbond substituents is 1. The minimum atomic E-state index is -0.130. The average molecular weight is 252 g/mol. The number of hydrazine groups is 1. The summed E-state index contributed by atoms with van der Waals surface area (Å²) in [5.74, 6) is 4.95. The Morgan fingerprint density at radius 1 is 1.39 bits per heavy atom. The molecule has 0 heterocycles. The van der Waals surface area contributed by atoms with Gasteiger partial charge in [0.2, 0.25) is 5.91 Å². The van der Waals surface area contributed by atoms with Crippen molar-refractivity contribution in [3.8, 4) is 5.75 Å². The predicted octanol–water partition coefficient (Wildman–Crippen LogP) is 2.43. The standard InChI is InChI=1S/C11H16O.C3H8N2O/c1-3-4-5-10-6-7-11(12)9(2)8-10;1-2-3(6)5-4/h6-8,12H,3-5H2,1-2H3;2,4H2,1H3,(H,5,6). The summed E-state index contributed by atoms with van der Waals surface area (Å²) in [6, 6.07) is 5.84. The maximum atomic E-state index is 9.94. The molecule has 1 aromatic rings. The second kappa shape index (κ2) is 9.48. The normalized spacial score (nSPS) is 9.33. The van der Waals surface area contributed by atoms with Gasteiger partial charge in [0.1, 0.15) is 5.75 Å². The van der Waals surface area contributed by atoms with Crippen LogP contribution in [0.3, 0.4) is 0 Å². The number of rotatable bonds is 4. The van der Waals surface area contributed by atoms with E-state index in [0.29, 0.717) is 12.2 Å². The summed E-state index contributed by atoms with van der Waals surface area (Å²) >= 11 is 0. The molecule has 0 saturated carbocycles. The van der Waals surface area contributed by atoms with Crippen molar-refractivity contribution in [1.82, 2.24) is 5.43 Å². The first-order chi connectivity index (χ1) is 8.54. The van der Waals surface area contributed by atoms with Crippen LogP contribution in [-0.2, 0) is 11.2 Å². The molecule has 0 spiro atoms. The minimum absolute atomic E-state index is 0.130. The van der Waals surface area contributed by atoms with Gasteiger partial charge in [-0.25, -0.2) is 5.84 Å². The van der Waals surface area contributed by atoms with E-state index in [1.807, 2.05) is 18.4 Å². The summed E-state index contributed by atoms with van der Waals surface area (Å²) < 4.78 is 0. The first-order valence-electron chi connectivity index (χ1n) is 6.33. The number of nitrogens with one attached hydrogen (secondary N) is 1. The second-order valence-electron chi connectivity index (χ2n) is 4.15. The van der Waals surface area contributed by atoms with Crippen LogP contribution >= 0.6 is 0 Å². The molecule has 0 aliphatic rings. The number of carbonyl (C=O) groups excluding carboxylic acids is 1. The van der Waals surface area contributed by atoms with Gasteiger partial charge >= 0.3 is 0 Å². The van der Waals surface area contributed by atoms with E-state index in [9.17, 15) is 9.90 Å². The highest BCUT2D eigenvalue weighted by Gasteiger charge is 1.96. The molecule has 0 atom stereocenters. The van der Waals surface area contributed by atoms with Crippen LogP contribution in [0.2, 0.25) is 0 Å². The molecule has 1 aromatic carbocycles. The molecule has 0 aliphatic heterocycles. The van der Waals surface area contributed by atoms with E-state index < -0.39 is 0 Å². The monoisotopic (exact) mass is 252 g/mol. The summed E-state index contributed by atoms with van der Waals surface area (Å²) in [6.45, 7) is 5.86. The number of phenols is 1. The highest BCUT2D eigenvalue weighted by Crippen LogP contribution is 2.17. The molecule has 0 saturated heterocycles. The van der Waals surface area contributed by atoms with Gasteiger partial charge < -0.3 is 5.11 Å². The smallest absolute Gasteiger partial charge is 0.233 e. The molecule has 0 unspecified atom stereocenters. The highest BCUT2D eigenvalue weighted by molar-refractivity contribution is 5.74. The summed E-state index contributed by atoms with van der Waals surface area (Å²) in [5.41, 5.74) is 4.28. The number of hydrogen-bond acceptors (Lipinski definition) is 3. The molecular weight excluding hydrogens is 228 g/mol. The maximum Gasteiger partial charge on any atom is 0.233 e. The molecule has 0 aliphatic carbocycles. The van der Waals surface area contributed by atoms with Crippen molar-refractivity contribution >= 4 is 5.91 Å². The van der Waals surface area contributed by atoms with Crippen LogP contribution in [0.1, 0.15) is 44.2 Å². The van der Waals surface area contributed by atoms with E-state index in [1.54, 1.807) is 13.0 Å². The van der Waals surface area contributed by atoms with Crippen molar-refractivity contribution in [2.24, 2.45) is 5.84 Å². The van der Waals surface area contributed by atoms with E-state index >= 15 is 0 Å². The van der Waals surface area contributed by atoms with Gasteiger partial charge in [0, 0.05) is 6.42 Å². The van der Waals surface area contributed by atoms with Crippen molar-refractivity contribution < 1.29 is 9.90 Å². The lowest BCUT2D eigenvalue weighted by atomic mass is 10.1. The van der Waals surface area contributed by atoms with E-state index in [1.165, 1.54) is 18.4 Å². The van der Waals surface area contributed by atoms with E-state index in [0.717, 1.165) is 12.0 Å². The lowest BCUT2D eigenvalue weighted by Gasteiger charge is -2.02. The highest BCUT2D eigenvalue weighted by atomic mass is 16.3. The lowest BCUT2D eigenvalue weighted by Crippen LogP contribution is -2.28. The van der Waals surface area contributed by atoms with Crippen LogP contribution in [0.5, 0.6) is 5.75 Å². The fourth-order valence-corrected chi connectivity index (χ4v) is 1.36. The fourth-order valence-electron chi connectivity index (χ4n) is 1.36. The quantitative estimate of drug-likeness (QED) is 0.437. The summed E-state index contributed by atoms with van der Waals surface area (Å²) in [6.07, 6.45) is 4.03. The molecule has 102 valence electrons. The van der Waals surface area contributed by atoms with E-state index in [4.69, 9.17) is 0 Å². The maximum absolute atomic E-state index is 9.94. The molecule has 1 rings (SSSR count). The Labute approximate surface area is 109 Å². The van der Waals surface area contributed by atoms with E-state index in [2.05, 4.69) is 18.8 Å². The number of hydrogen-bond donors (Lipinski definition) is 3. The van der Waals surface area contributed by atoms with Crippen LogP contribution in [0.4, 0.5) is 0 Å². The van der Waals surface area contributed by atoms with Crippen LogP contribution < -0.4 is 11.3 Å². The summed E-state index contributed by atoms with van der Waals surface area (Å²) in [5, 5.41) is 9.27. The molecule has 0 aromatic heterocycles. The van der Waals surface area contributed by atoms with Crippen molar-refractivity contribution in [1.29, 1.82) is 0 Å². The van der Waals surface area contributed by atoms with Gasteiger partial charge in [-0.1, -0.05) is 32.4 Å². The first-order valence-corrected chi connectivity index (χ1v) is 6.33. The van der Waals surface area contributed by atoms with Crippen molar-refractivity contribution in [2.45, 2.75) is 46.5 Å².